The molecule has 29 heavy (non-hydrogen) atoms. The Bertz CT molecular complexity index is 987. The zero-order chi connectivity index (χ0) is 19.8. The number of anilines is 1. The third-order valence-corrected chi connectivity index (χ3v) is 6.22. The summed E-state index contributed by atoms with van der Waals surface area (Å²) in [5, 5.41) is 33.2. The Balaban J connectivity index is 1.26. The first-order chi connectivity index (χ1) is 14.2. The number of phenolic OH excluding ortho intramolecular Hbond substituents is 1. The number of aryl methyl sites for hydroxylation is 1. The predicted octanol–water partition coefficient (Wildman–Crippen LogP) is 3.49. The van der Waals surface area contributed by atoms with E-state index in [4.69, 9.17) is 0 Å². The Hall–Kier alpha value is -2.93. The highest BCUT2D eigenvalue weighted by Crippen LogP contribution is 2.33. The summed E-state index contributed by atoms with van der Waals surface area (Å²) < 4.78 is 0. The van der Waals surface area contributed by atoms with Crippen LogP contribution in [0.3, 0.4) is 0 Å². The van der Waals surface area contributed by atoms with Gasteiger partial charge in [-0.15, -0.1) is 10.2 Å². The fourth-order valence-corrected chi connectivity index (χ4v) is 4.72. The fourth-order valence-electron chi connectivity index (χ4n) is 4.72. The van der Waals surface area contributed by atoms with E-state index in [2.05, 4.69) is 31.0 Å². The number of phenols is 1. The standard InChI is InChI=1S/C22H26N6O/c1-13-19(12-24-26-13)15-2-5-18(21(29)10-15)20-6-7-22(28-27-20)23-11-14-8-16-3-4-17(9-14)25-16/h2,5-7,10,12,14,16-17,25,29H,3-4,8-9,11H2,1H3,(H,23,28)(H,24,26). The molecule has 0 radical (unpaired) electrons. The van der Waals surface area contributed by atoms with Crippen molar-refractivity contribution in [3.8, 4) is 28.1 Å². The Kier molecular flexibility index (Phi) is 4.67. The summed E-state index contributed by atoms with van der Waals surface area (Å²) in [5.41, 5.74) is 4.19. The number of hydrogen-bond acceptors (Lipinski definition) is 6. The average molecular weight is 390 g/mol. The van der Waals surface area contributed by atoms with Crippen molar-refractivity contribution in [2.75, 3.05) is 11.9 Å². The molecule has 4 heterocycles. The summed E-state index contributed by atoms with van der Waals surface area (Å²) >= 11 is 0. The van der Waals surface area contributed by atoms with Crippen LogP contribution in [-0.2, 0) is 0 Å². The summed E-state index contributed by atoms with van der Waals surface area (Å²) in [6.07, 6.45) is 6.88. The number of piperidine rings is 1. The second kappa shape index (κ2) is 7.48. The summed E-state index contributed by atoms with van der Waals surface area (Å²) in [6.45, 7) is 2.89. The maximum absolute atomic E-state index is 10.5. The van der Waals surface area contributed by atoms with Gasteiger partial charge in [0.15, 0.2) is 0 Å². The van der Waals surface area contributed by atoms with E-state index in [1.165, 1.54) is 25.7 Å². The molecule has 0 aliphatic carbocycles. The molecule has 7 nitrogen and oxygen atoms in total. The van der Waals surface area contributed by atoms with Crippen molar-refractivity contribution in [2.45, 2.75) is 44.7 Å². The summed E-state index contributed by atoms with van der Waals surface area (Å²) in [5.74, 6) is 1.66. The van der Waals surface area contributed by atoms with Gasteiger partial charge in [0.2, 0.25) is 0 Å². The molecule has 3 aromatic rings. The number of nitrogens with one attached hydrogen (secondary N) is 3. The van der Waals surface area contributed by atoms with Crippen molar-refractivity contribution in [2.24, 2.45) is 5.92 Å². The van der Waals surface area contributed by atoms with Crippen molar-refractivity contribution in [1.82, 2.24) is 25.7 Å². The minimum absolute atomic E-state index is 0.184. The molecule has 2 aromatic heterocycles. The number of benzene rings is 1. The molecule has 150 valence electrons. The van der Waals surface area contributed by atoms with E-state index < -0.39 is 0 Å². The lowest BCUT2D eigenvalue weighted by molar-refractivity contribution is 0.311. The van der Waals surface area contributed by atoms with Crippen LogP contribution in [0.2, 0.25) is 0 Å². The SMILES string of the molecule is Cc1[nH]ncc1-c1ccc(-c2ccc(NCC3CC4CCC(C3)N4)nn2)c(O)c1. The van der Waals surface area contributed by atoms with Gasteiger partial charge in [-0.1, -0.05) is 6.07 Å². The van der Waals surface area contributed by atoms with Crippen molar-refractivity contribution < 1.29 is 5.11 Å². The quantitative estimate of drug-likeness (QED) is 0.532. The van der Waals surface area contributed by atoms with Crippen LogP contribution in [0, 0.1) is 12.8 Å². The number of hydrogen-bond donors (Lipinski definition) is 4. The highest BCUT2D eigenvalue weighted by atomic mass is 16.3. The molecule has 0 amide bonds. The molecule has 2 atom stereocenters. The van der Waals surface area contributed by atoms with Crippen LogP contribution in [0.4, 0.5) is 5.82 Å². The smallest absolute Gasteiger partial charge is 0.148 e. The van der Waals surface area contributed by atoms with Gasteiger partial charge < -0.3 is 15.7 Å². The van der Waals surface area contributed by atoms with Gasteiger partial charge in [-0.3, -0.25) is 5.10 Å². The van der Waals surface area contributed by atoms with E-state index in [-0.39, 0.29) is 5.75 Å². The van der Waals surface area contributed by atoms with Crippen molar-refractivity contribution in [3.63, 3.8) is 0 Å². The topological polar surface area (TPSA) is 98.8 Å². The zero-order valence-corrected chi connectivity index (χ0v) is 16.5. The molecule has 2 unspecified atom stereocenters. The van der Waals surface area contributed by atoms with Gasteiger partial charge in [0.05, 0.1) is 11.9 Å². The molecule has 2 fully saturated rings. The number of aromatic amines is 1. The van der Waals surface area contributed by atoms with E-state index in [0.29, 0.717) is 29.3 Å². The number of fused-ring (bicyclic) bond motifs is 2. The first-order valence-electron chi connectivity index (χ1n) is 10.3. The fraction of sp³-hybridized carbons (Fsp3) is 0.409. The first kappa shape index (κ1) is 18.1. The van der Waals surface area contributed by atoms with Gasteiger partial charge >= 0.3 is 0 Å². The number of aromatic hydroxyl groups is 1. The largest absolute Gasteiger partial charge is 0.507 e. The van der Waals surface area contributed by atoms with Crippen LogP contribution in [-0.4, -0.2) is 44.1 Å². The number of H-pyrrole nitrogens is 1. The number of rotatable bonds is 5. The molecule has 2 aliphatic rings. The van der Waals surface area contributed by atoms with Gasteiger partial charge in [-0.25, -0.2) is 0 Å². The van der Waals surface area contributed by atoms with Gasteiger partial charge in [-0.05, 0) is 68.4 Å². The first-order valence-corrected chi connectivity index (χ1v) is 10.3. The maximum atomic E-state index is 10.5. The number of aromatic nitrogens is 4. The normalized spacial score (nSPS) is 23.3. The van der Waals surface area contributed by atoms with Crippen LogP contribution >= 0.6 is 0 Å². The highest BCUT2D eigenvalue weighted by Gasteiger charge is 2.33. The molecule has 0 spiro atoms. The lowest BCUT2D eigenvalue weighted by atomic mass is 9.92. The minimum Gasteiger partial charge on any atom is -0.507 e. The Morgan fingerprint density at radius 1 is 1.07 bits per heavy atom. The predicted molar refractivity (Wildman–Crippen MR) is 113 cm³/mol. The van der Waals surface area contributed by atoms with Crippen LogP contribution in [0.5, 0.6) is 5.75 Å². The summed E-state index contributed by atoms with van der Waals surface area (Å²) in [7, 11) is 0. The van der Waals surface area contributed by atoms with Crippen molar-refractivity contribution in [3.05, 3.63) is 42.2 Å². The lowest BCUT2D eigenvalue weighted by Gasteiger charge is -2.29. The molecule has 4 N–H and O–H groups in total. The van der Waals surface area contributed by atoms with E-state index in [0.717, 1.165) is 29.2 Å². The molecule has 7 heteroatoms. The lowest BCUT2D eigenvalue weighted by Crippen LogP contribution is -2.40. The third kappa shape index (κ3) is 3.70. The van der Waals surface area contributed by atoms with Gasteiger partial charge in [0.1, 0.15) is 11.6 Å². The third-order valence-electron chi connectivity index (χ3n) is 6.22. The summed E-state index contributed by atoms with van der Waals surface area (Å²) in [6, 6.07) is 10.8. The van der Waals surface area contributed by atoms with Crippen LogP contribution < -0.4 is 10.6 Å². The second-order valence-corrected chi connectivity index (χ2v) is 8.30. The van der Waals surface area contributed by atoms with Crippen LogP contribution in [0.1, 0.15) is 31.4 Å². The number of nitrogens with zero attached hydrogens (tertiary/aromatic N) is 3. The molecule has 2 saturated heterocycles. The molecule has 0 saturated carbocycles. The average Bonchev–Trinajstić information content (AvgIpc) is 3.31. The minimum atomic E-state index is 0.184. The second-order valence-electron chi connectivity index (χ2n) is 8.30. The van der Waals surface area contributed by atoms with E-state index in [9.17, 15) is 5.11 Å². The Labute approximate surface area is 170 Å². The van der Waals surface area contributed by atoms with E-state index in [1.807, 2.05) is 31.2 Å². The Morgan fingerprint density at radius 3 is 2.55 bits per heavy atom. The van der Waals surface area contributed by atoms with Gasteiger partial charge in [0, 0.05) is 35.4 Å². The monoisotopic (exact) mass is 390 g/mol. The highest BCUT2D eigenvalue weighted by molar-refractivity contribution is 5.74. The zero-order valence-electron chi connectivity index (χ0n) is 16.5. The van der Waals surface area contributed by atoms with E-state index in [1.54, 1.807) is 12.3 Å². The molecular formula is C22H26N6O. The van der Waals surface area contributed by atoms with Crippen molar-refractivity contribution >= 4 is 5.82 Å². The summed E-state index contributed by atoms with van der Waals surface area (Å²) in [4.78, 5) is 0. The van der Waals surface area contributed by atoms with Crippen LogP contribution in [0.15, 0.2) is 36.5 Å². The van der Waals surface area contributed by atoms with E-state index >= 15 is 0 Å². The molecular weight excluding hydrogens is 364 g/mol. The molecule has 1 aromatic carbocycles. The van der Waals surface area contributed by atoms with Gasteiger partial charge in [-0.2, -0.15) is 5.10 Å². The molecule has 2 aliphatic heterocycles. The maximum Gasteiger partial charge on any atom is 0.148 e. The van der Waals surface area contributed by atoms with Crippen LogP contribution in [0.25, 0.3) is 22.4 Å². The Morgan fingerprint density at radius 2 is 1.90 bits per heavy atom. The van der Waals surface area contributed by atoms with Crippen molar-refractivity contribution in [1.29, 1.82) is 0 Å². The van der Waals surface area contributed by atoms with Gasteiger partial charge in [0.25, 0.3) is 0 Å². The molecule has 2 bridgehead atoms. The molecule has 5 rings (SSSR count).